The molecule has 2 heterocycles. The van der Waals surface area contributed by atoms with Gasteiger partial charge in [-0.2, -0.15) is 0 Å². The van der Waals surface area contributed by atoms with E-state index in [1.165, 1.54) is 6.92 Å². The fourth-order valence-electron chi connectivity index (χ4n) is 4.92. The SMILES string of the molecule is CC(=O)OC1C[C@@]2(NC(=O)C(Cl)(Cl)Cl)C([C@@H]3COC(C)(C)O3)C(OC(=O)[C@H]2OC(C)=O)[C@]1(C)O. The first kappa shape index (κ1) is 27.2. The molecule has 11 nitrogen and oxygen atoms in total. The predicted molar refractivity (Wildman–Crippen MR) is 116 cm³/mol. The third-order valence-corrected chi connectivity index (χ3v) is 6.74. The minimum Gasteiger partial charge on any atom is -0.459 e. The average Bonchev–Trinajstić information content (AvgIpc) is 3.01. The second-order valence-corrected chi connectivity index (χ2v) is 11.5. The summed E-state index contributed by atoms with van der Waals surface area (Å²) in [6.45, 7) is 6.76. The second kappa shape index (κ2) is 8.94. The van der Waals surface area contributed by atoms with Crippen LogP contribution < -0.4 is 5.32 Å². The van der Waals surface area contributed by atoms with E-state index in [1.807, 2.05) is 0 Å². The Balaban J connectivity index is 2.23. The summed E-state index contributed by atoms with van der Waals surface area (Å²) in [4.78, 5) is 49.7. The third kappa shape index (κ3) is 4.96. The Labute approximate surface area is 210 Å². The topological polar surface area (TPSA) is 147 Å². The van der Waals surface area contributed by atoms with Gasteiger partial charge in [0.25, 0.3) is 9.70 Å². The van der Waals surface area contributed by atoms with Gasteiger partial charge in [0.2, 0.25) is 6.10 Å². The second-order valence-electron chi connectivity index (χ2n) is 9.26. The van der Waals surface area contributed by atoms with Crippen LogP contribution in [0.3, 0.4) is 0 Å². The van der Waals surface area contributed by atoms with E-state index in [9.17, 15) is 24.3 Å². The standard InChI is InChI=1S/C20H26Cl3NO10/c1-8(25)31-11-6-19(24-16(28)20(21,22)23)12(10-7-30-17(3,4)34-10)13(18(11,5)29)33-15(27)14(19)32-9(2)26/h10-14,29H,6-7H2,1-5H3,(H,24,28)/t10-,11?,12?,13?,14+,18+,19+/m0/s1. The molecule has 0 spiro atoms. The highest BCUT2D eigenvalue weighted by Crippen LogP contribution is 2.52. The zero-order valence-corrected chi connectivity index (χ0v) is 21.3. The molecule has 0 aromatic rings. The summed E-state index contributed by atoms with van der Waals surface area (Å²) >= 11 is 17.4. The Hall–Kier alpha value is -1.37. The molecular weight excluding hydrogens is 521 g/mol. The lowest BCUT2D eigenvalue weighted by Gasteiger charge is -2.60. The number of alkyl halides is 3. The molecule has 3 rings (SSSR count). The molecule has 14 heteroatoms. The third-order valence-electron chi connectivity index (χ3n) is 6.22. The van der Waals surface area contributed by atoms with Crippen LogP contribution in [-0.4, -0.2) is 80.7 Å². The molecule has 2 bridgehead atoms. The van der Waals surface area contributed by atoms with Crippen molar-refractivity contribution in [3.63, 3.8) is 0 Å². The first-order chi connectivity index (χ1) is 15.4. The van der Waals surface area contributed by atoms with Crippen molar-refractivity contribution in [1.82, 2.24) is 5.32 Å². The number of fused-ring (bicyclic) bond motifs is 2. The molecule has 2 N–H and O–H groups in total. The van der Waals surface area contributed by atoms with E-state index >= 15 is 0 Å². The van der Waals surface area contributed by atoms with Crippen LogP contribution in [0.2, 0.25) is 0 Å². The smallest absolute Gasteiger partial charge is 0.350 e. The summed E-state index contributed by atoms with van der Waals surface area (Å²) in [6, 6.07) is 0. The number of carbonyl (C=O) groups excluding carboxylic acids is 4. The molecule has 2 aliphatic heterocycles. The molecule has 1 saturated carbocycles. The Bertz CT molecular complexity index is 888. The number of aliphatic hydroxyl groups is 1. The number of hydrogen-bond donors (Lipinski definition) is 2. The zero-order chi connectivity index (χ0) is 25.9. The minimum absolute atomic E-state index is 0.0296. The number of halogens is 3. The number of carbonyl (C=O) groups is 4. The summed E-state index contributed by atoms with van der Waals surface area (Å²) in [5, 5.41) is 13.9. The average molecular weight is 547 g/mol. The van der Waals surface area contributed by atoms with Crippen LogP contribution in [-0.2, 0) is 42.9 Å². The Morgan fingerprint density at radius 3 is 2.18 bits per heavy atom. The zero-order valence-electron chi connectivity index (χ0n) is 19.1. The normalized spacial score (nSPS) is 39.1. The van der Waals surface area contributed by atoms with Crippen LogP contribution in [0.15, 0.2) is 0 Å². The van der Waals surface area contributed by atoms with Crippen LogP contribution in [0.25, 0.3) is 0 Å². The molecular formula is C20H26Cl3NO10. The van der Waals surface area contributed by atoms with E-state index < -0.39 is 81.3 Å². The summed E-state index contributed by atoms with van der Waals surface area (Å²) < 4.78 is 25.3. The highest BCUT2D eigenvalue weighted by molar-refractivity contribution is 6.76. The van der Waals surface area contributed by atoms with Gasteiger partial charge in [-0.05, 0) is 20.8 Å². The first-order valence-corrected chi connectivity index (χ1v) is 11.5. The van der Waals surface area contributed by atoms with Crippen molar-refractivity contribution in [2.75, 3.05) is 6.61 Å². The fraction of sp³-hybridized carbons (Fsp3) is 0.800. The van der Waals surface area contributed by atoms with Gasteiger partial charge in [-0.25, -0.2) is 4.79 Å². The number of amides is 1. The first-order valence-electron chi connectivity index (χ1n) is 10.4. The molecule has 34 heavy (non-hydrogen) atoms. The Morgan fingerprint density at radius 1 is 1.12 bits per heavy atom. The van der Waals surface area contributed by atoms with Gasteiger partial charge >= 0.3 is 17.9 Å². The summed E-state index contributed by atoms with van der Waals surface area (Å²) in [7, 11) is 0. The highest BCUT2D eigenvalue weighted by Gasteiger charge is 2.73. The van der Waals surface area contributed by atoms with Gasteiger partial charge in [-0.1, -0.05) is 34.8 Å². The van der Waals surface area contributed by atoms with Crippen molar-refractivity contribution in [2.45, 2.75) is 86.2 Å². The quantitative estimate of drug-likeness (QED) is 0.296. The number of rotatable bonds is 4. The van der Waals surface area contributed by atoms with Crippen LogP contribution in [0, 0.1) is 5.92 Å². The lowest BCUT2D eigenvalue weighted by molar-refractivity contribution is -0.277. The van der Waals surface area contributed by atoms with Crippen molar-refractivity contribution in [2.24, 2.45) is 5.92 Å². The molecule has 2 saturated heterocycles. The van der Waals surface area contributed by atoms with E-state index in [2.05, 4.69) is 5.32 Å². The van der Waals surface area contributed by atoms with E-state index in [4.69, 9.17) is 58.5 Å². The van der Waals surface area contributed by atoms with E-state index in [0.29, 0.717) is 0 Å². The largest absolute Gasteiger partial charge is 0.459 e. The lowest BCUT2D eigenvalue weighted by Crippen LogP contribution is -2.82. The minimum atomic E-state index is -2.47. The van der Waals surface area contributed by atoms with Gasteiger partial charge < -0.3 is 34.1 Å². The molecule has 7 atom stereocenters. The number of esters is 3. The van der Waals surface area contributed by atoms with Crippen LogP contribution in [0.5, 0.6) is 0 Å². The van der Waals surface area contributed by atoms with Gasteiger partial charge in [0, 0.05) is 20.3 Å². The molecule has 0 aromatic heterocycles. The molecule has 0 aromatic carbocycles. The van der Waals surface area contributed by atoms with Gasteiger partial charge in [0.15, 0.2) is 5.79 Å². The predicted octanol–water partition coefficient (Wildman–Crippen LogP) is 0.923. The number of hydrogen-bond acceptors (Lipinski definition) is 10. The monoisotopic (exact) mass is 545 g/mol. The maximum atomic E-state index is 13.0. The number of ether oxygens (including phenoxy) is 5. The molecule has 3 unspecified atom stereocenters. The molecule has 3 fully saturated rings. The molecule has 192 valence electrons. The van der Waals surface area contributed by atoms with Crippen molar-refractivity contribution >= 4 is 58.6 Å². The van der Waals surface area contributed by atoms with Crippen molar-refractivity contribution in [3.05, 3.63) is 0 Å². The van der Waals surface area contributed by atoms with Crippen molar-refractivity contribution in [3.8, 4) is 0 Å². The lowest BCUT2D eigenvalue weighted by atomic mass is 9.58. The summed E-state index contributed by atoms with van der Waals surface area (Å²) in [5.41, 5.74) is -3.80. The van der Waals surface area contributed by atoms with Crippen molar-refractivity contribution < 1.29 is 48.0 Å². The van der Waals surface area contributed by atoms with Gasteiger partial charge in [0.05, 0.1) is 18.6 Å². The van der Waals surface area contributed by atoms with Gasteiger partial charge in [0.1, 0.15) is 23.3 Å². The van der Waals surface area contributed by atoms with Crippen LogP contribution in [0.1, 0.15) is 41.0 Å². The van der Waals surface area contributed by atoms with Crippen LogP contribution >= 0.6 is 34.8 Å². The summed E-state index contributed by atoms with van der Waals surface area (Å²) in [5.74, 6) is -5.95. The van der Waals surface area contributed by atoms with E-state index in [1.54, 1.807) is 13.8 Å². The molecule has 1 aliphatic carbocycles. The Kier molecular flexibility index (Phi) is 7.15. The van der Waals surface area contributed by atoms with E-state index in [-0.39, 0.29) is 6.61 Å². The van der Waals surface area contributed by atoms with Gasteiger partial charge in [-0.3, -0.25) is 14.4 Å². The molecule has 3 aliphatic rings. The molecule has 1 amide bonds. The van der Waals surface area contributed by atoms with Crippen molar-refractivity contribution in [1.29, 1.82) is 0 Å². The maximum Gasteiger partial charge on any atom is 0.350 e. The Morgan fingerprint density at radius 2 is 1.71 bits per heavy atom. The van der Waals surface area contributed by atoms with E-state index in [0.717, 1.165) is 13.8 Å². The fourth-order valence-corrected chi connectivity index (χ4v) is 5.06. The van der Waals surface area contributed by atoms with Gasteiger partial charge in [-0.15, -0.1) is 0 Å². The van der Waals surface area contributed by atoms with Crippen LogP contribution in [0.4, 0.5) is 0 Å². The highest BCUT2D eigenvalue weighted by atomic mass is 35.6. The maximum absolute atomic E-state index is 13.0. The summed E-state index contributed by atoms with van der Waals surface area (Å²) in [6.07, 6.45) is -5.75. The number of nitrogens with one attached hydrogen (secondary N) is 1. The molecule has 0 radical (unpaired) electrons.